The summed E-state index contributed by atoms with van der Waals surface area (Å²) in [6, 6.07) is 18.1. The number of aromatic nitrogens is 4. The highest BCUT2D eigenvalue weighted by molar-refractivity contribution is 5.81. The van der Waals surface area contributed by atoms with Gasteiger partial charge in [-0.05, 0) is 44.5 Å². The highest BCUT2D eigenvalue weighted by Gasteiger charge is 2.19. The zero-order valence-electron chi connectivity index (χ0n) is 19.4. The molecule has 6 heteroatoms. The van der Waals surface area contributed by atoms with Gasteiger partial charge in [0.2, 0.25) is 5.91 Å². The summed E-state index contributed by atoms with van der Waals surface area (Å²) in [5.41, 5.74) is 6.09. The maximum Gasteiger partial charge on any atom is 0.242 e. The van der Waals surface area contributed by atoms with Crippen molar-refractivity contribution in [3.8, 4) is 5.69 Å². The lowest BCUT2D eigenvalue weighted by Gasteiger charge is -2.19. The van der Waals surface area contributed by atoms with Gasteiger partial charge in [-0.15, -0.1) is 0 Å². The van der Waals surface area contributed by atoms with E-state index >= 15 is 0 Å². The number of unbranched alkanes of at least 4 members (excludes halogenated alkanes) is 1. The smallest absolute Gasteiger partial charge is 0.242 e. The number of hydrogen-bond donors (Lipinski definition) is 0. The highest BCUT2D eigenvalue weighted by atomic mass is 16.2. The summed E-state index contributed by atoms with van der Waals surface area (Å²) in [5, 5.41) is 4.72. The van der Waals surface area contributed by atoms with Crippen LogP contribution in [0.2, 0.25) is 0 Å². The quantitative estimate of drug-likeness (QED) is 0.403. The Morgan fingerprint density at radius 2 is 1.75 bits per heavy atom. The normalized spacial score (nSPS) is 11.2. The molecule has 0 aliphatic rings. The van der Waals surface area contributed by atoms with E-state index in [1.807, 2.05) is 73.3 Å². The Kier molecular flexibility index (Phi) is 6.40. The largest absolute Gasteiger partial charge is 0.340 e. The van der Waals surface area contributed by atoms with E-state index in [1.54, 1.807) is 4.90 Å². The number of imidazole rings is 1. The van der Waals surface area contributed by atoms with E-state index in [0.717, 1.165) is 58.8 Å². The Hall–Kier alpha value is -3.41. The van der Waals surface area contributed by atoms with Gasteiger partial charge < -0.3 is 9.47 Å². The maximum absolute atomic E-state index is 13.2. The van der Waals surface area contributed by atoms with E-state index in [1.165, 1.54) is 0 Å². The average Bonchev–Trinajstić information content (AvgIpc) is 3.30. The van der Waals surface area contributed by atoms with Crippen LogP contribution in [0.4, 0.5) is 0 Å². The van der Waals surface area contributed by atoms with Crippen molar-refractivity contribution in [1.82, 2.24) is 24.2 Å². The number of carbonyl (C=O) groups is 1. The average molecular weight is 430 g/mol. The molecule has 0 atom stereocenters. The number of likely N-dealkylation sites (N-methyl/N-ethyl adjacent to an activating group) is 1. The fourth-order valence-electron chi connectivity index (χ4n) is 4.13. The summed E-state index contributed by atoms with van der Waals surface area (Å²) >= 11 is 0. The van der Waals surface area contributed by atoms with Crippen molar-refractivity contribution < 1.29 is 4.79 Å². The van der Waals surface area contributed by atoms with E-state index in [4.69, 9.17) is 10.1 Å². The lowest BCUT2D eigenvalue weighted by molar-refractivity contribution is -0.131. The van der Waals surface area contributed by atoms with Crippen LogP contribution < -0.4 is 0 Å². The standard InChI is InChI=1S/C26H31N5O/c1-5-6-16-25-27-23-14-10-11-15-24(23)30(25)18-26(32)29(4)17-22-19(2)28-31(20(22)3)21-12-8-7-9-13-21/h7-15H,5-6,16-18H2,1-4H3. The minimum absolute atomic E-state index is 0.0668. The number of para-hydroxylation sites is 3. The van der Waals surface area contributed by atoms with Crippen molar-refractivity contribution in [3.63, 3.8) is 0 Å². The monoisotopic (exact) mass is 429 g/mol. The molecule has 0 spiro atoms. The molecule has 0 saturated carbocycles. The number of benzene rings is 2. The zero-order valence-corrected chi connectivity index (χ0v) is 19.4. The topological polar surface area (TPSA) is 56.0 Å². The third-order valence-electron chi connectivity index (χ3n) is 6.04. The summed E-state index contributed by atoms with van der Waals surface area (Å²) in [5.74, 6) is 1.05. The van der Waals surface area contributed by atoms with Crippen LogP contribution in [0.1, 0.15) is 42.5 Å². The van der Waals surface area contributed by atoms with Crippen molar-refractivity contribution >= 4 is 16.9 Å². The molecule has 0 N–H and O–H groups in total. The second kappa shape index (κ2) is 9.39. The van der Waals surface area contributed by atoms with E-state index in [0.29, 0.717) is 13.1 Å². The second-order valence-corrected chi connectivity index (χ2v) is 8.35. The first kappa shape index (κ1) is 21.8. The summed E-state index contributed by atoms with van der Waals surface area (Å²) in [6.45, 7) is 7.06. The third kappa shape index (κ3) is 4.31. The second-order valence-electron chi connectivity index (χ2n) is 8.35. The predicted octanol–water partition coefficient (Wildman–Crippen LogP) is 4.84. The molecule has 4 aromatic rings. The molecule has 2 heterocycles. The summed E-state index contributed by atoms with van der Waals surface area (Å²) < 4.78 is 4.03. The number of amides is 1. The zero-order chi connectivity index (χ0) is 22.7. The van der Waals surface area contributed by atoms with Gasteiger partial charge in [-0.1, -0.05) is 43.7 Å². The number of hydrogen-bond acceptors (Lipinski definition) is 3. The van der Waals surface area contributed by atoms with Crippen molar-refractivity contribution in [2.75, 3.05) is 7.05 Å². The molecule has 166 valence electrons. The number of carbonyl (C=O) groups excluding carboxylic acids is 1. The molecule has 1 amide bonds. The van der Waals surface area contributed by atoms with E-state index in [2.05, 4.69) is 18.4 Å². The van der Waals surface area contributed by atoms with Crippen LogP contribution in [-0.4, -0.2) is 37.2 Å². The van der Waals surface area contributed by atoms with Gasteiger partial charge in [0.1, 0.15) is 12.4 Å². The molecule has 4 rings (SSSR count). The molecule has 2 aromatic heterocycles. The molecule has 0 unspecified atom stereocenters. The van der Waals surface area contributed by atoms with E-state index < -0.39 is 0 Å². The minimum atomic E-state index is 0.0668. The molecule has 2 aromatic carbocycles. The van der Waals surface area contributed by atoms with Crippen LogP contribution in [-0.2, 0) is 24.3 Å². The number of rotatable bonds is 8. The SMILES string of the molecule is CCCCc1nc2ccccc2n1CC(=O)N(C)Cc1c(C)nn(-c2ccccc2)c1C. The number of fused-ring (bicyclic) bond motifs is 1. The molecule has 0 radical (unpaired) electrons. The molecule has 0 aliphatic carbocycles. The van der Waals surface area contributed by atoms with Gasteiger partial charge in [0.15, 0.2) is 0 Å². The summed E-state index contributed by atoms with van der Waals surface area (Å²) in [6.07, 6.45) is 3.04. The molecule has 0 aliphatic heterocycles. The maximum atomic E-state index is 13.2. The Balaban J connectivity index is 1.55. The Morgan fingerprint density at radius 3 is 2.50 bits per heavy atom. The number of nitrogens with zero attached hydrogens (tertiary/aromatic N) is 5. The lowest BCUT2D eigenvalue weighted by Crippen LogP contribution is -2.30. The predicted molar refractivity (Wildman–Crippen MR) is 128 cm³/mol. The van der Waals surface area contributed by atoms with Gasteiger partial charge in [0, 0.05) is 31.3 Å². The van der Waals surface area contributed by atoms with Crippen LogP contribution in [0.25, 0.3) is 16.7 Å². The van der Waals surface area contributed by atoms with Crippen LogP contribution in [0, 0.1) is 13.8 Å². The van der Waals surface area contributed by atoms with Gasteiger partial charge in [-0.3, -0.25) is 4.79 Å². The van der Waals surface area contributed by atoms with Gasteiger partial charge in [-0.2, -0.15) is 5.10 Å². The molecular formula is C26H31N5O. The molecule has 0 saturated heterocycles. The van der Waals surface area contributed by atoms with Gasteiger partial charge in [0.05, 0.1) is 22.4 Å². The van der Waals surface area contributed by atoms with Crippen LogP contribution in [0.15, 0.2) is 54.6 Å². The fraction of sp³-hybridized carbons (Fsp3) is 0.346. The highest BCUT2D eigenvalue weighted by Crippen LogP contribution is 2.21. The van der Waals surface area contributed by atoms with Crippen LogP contribution in [0.3, 0.4) is 0 Å². The first-order valence-corrected chi connectivity index (χ1v) is 11.3. The molecule has 0 bridgehead atoms. The van der Waals surface area contributed by atoms with Crippen molar-refractivity contribution in [2.24, 2.45) is 0 Å². The van der Waals surface area contributed by atoms with E-state index in [-0.39, 0.29) is 5.91 Å². The van der Waals surface area contributed by atoms with E-state index in [9.17, 15) is 4.79 Å². The van der Waals surface area contributed by atoms with Crippen LogP contribution >= 0.6 is 0 Å². The molecule has 0 fully saturated rings. The Labute approximate surface area is 189 Å². The lowest BCUT2D eigenvalue weighted by atomic mass is 10.2. The fourth-order valence-corrected chi connectivity index (χ4v) is 4.13. The molecule has 6 nitrogen and oxygen atoms in total. The molecule has 32 heavy (non-hydrogen) atoms. The third-order valence-corrected chi connectivity index (χ3v) is 6.04. The number of aryl methyl sites for hydroxylation is 2. The van der Waals surface area contributed by atoms with Gasteiger partial charge in [-0.25, -0.2) is 9.67 Å². The van der Waals surface area contributed by atoms with Crippen LogP contribution in [0.5, 0.6) is 0 Å². The van der Waals surface area contributed by atoms with Crippen molar-refractivity contribution in [1.29, 1.82) is 0 Å². The molecular weight excluding hydrogens is 398 g/mol. The van der Waals surface area contributed by atoms with Gasteiger partial charge >= 0.3 is 0 Å². The van der Waals surface area contributed by atoms with Crippen molar-refractivity contribution in [2.45, 2.75) is 53.1 Å². The summed E-state index contributed by atoms with van der Waals surface area (Å²) in [4.78, 5) is 19.8. The first-order chi connectivity index (χ1) is 15.5. The Bertz CT molecular complexity index is 1220. The first-order valence-electron chi connectivity index (χ1n) is 11.3. The summed E-state index contributed by atoms with van der Waals surface area (Å²) in [7, 11) is 1.87. The van der Waals surface area contributed by atoms with Gasteiger partial charge in [0.25, 0.3) is 0 Å². The Morgan fingerprint density at radius 1 is 1.03 bits per heavy atom. The minimum Gasteiger partial charge on any atom is -0.340 e. The van der Waals surface area contributed by atoms with Crippen molar-refractivity contribution in [3.05, 3.63) is 77.4 Å².